The highest BCUT2D eigenvalue weighted by atomic mass is 16.2. The van der Waals surface area contributed by atoms with Gasteiger partial charge in [-0.2, -0.15) is 5.10 Å². The molecule has 2 atom stereocenters. The number of carbonyl (C=O) groups is 2. The molecule has 1 aliphatic carbocycles. The number of aromatic nitrogens is 4. The van der Waals surface area contributed by atoms with Crippen LogP contribution in [0.15, 0.2) is 12.5 Å². The zero-order valence-electron chi connectivity index (χ0n) is 17.6. The summed E-state index contributed by atoms with van der Waals surface area (Å²) in [6, 6.07) is 0.159. The molecule has 1 aliphatic rings. The average Bonchev–Trinajstić information content (AvgIpc) is 3.25. The lowest BCUT2D eigenvalue weighted by Crippen LogP contribution is -2.41. The van der Waals surface area contributed by atoms with Gasteiger partial charge in [0.1, 0.15) is 0 Å². The van der Waals surface area contributed by atoms with Gasteiger partial charge in [0.2, 0.25) is 5.91 Å². The quantitative estimate of drug-likeness (QED) is 0.632. The van der Waals surface area contributed by atoms with Crippen LogP contribution in [0.4, 0.5) is 0 Å². The highest BCUT2D eigenvalue weighted by Crippen LogP contribution is 2.24. The van der Waals surface area contributed by atoms with Crippen molar-refractivity contribution in [3.8, 4) is 0 Å². The fourth-order valence-corrected chi connectivity index (χ4v) is 4.02. The Morgan fingerprint density at radius 2 is 2.14 bits per heavy atom. The van der Waals surface area contributed by atoms with E-state index in [-0.39, 0.29) is 17.9 Å². The molecule has 0 radical (unpaired) electrons. The molecule has 3 N–H and O–H groups in total. The Balaban J connectivity index is 1.46. The Morgan fingerprint density at radius 1 is 1.31 bits per heavy atom. The predicted molar refractivity (Wildman–Crippen MR) is 111 cm³/mol. The lowest BCUT2D eigenvalue weighted by molar-refractivity contribution is -0.121. The second-order valence-electron chi connectivity index (χ2n) is 8.05. The smallest absolute Gasteiger partial charge is 0.254 e. The Labute approximate surface area is 171 Å². The fraction of sp³-hybridized carbons (Fsp3) is 0.619. The number of amides is 2. The summed E-state index contributed by atoms with van der Waals surface area (Å²) in [6.45, 7) is 7.32. The second-order valence-corrected chi connectivity index (χ2v) is 8.05. The summed E-state index contributed by atoms with van der Waals surface area (Å²) in [5.74, 6) is 0.315. The third-order valence-electron chi connectivity index (χ3n) is 5.61. The van der Waals surface area contributed by atoms with E-state index in [1.807, 2.05) is 24.7 Å². The molecule has 0 unspecified atom stereocenters. The first kappa shape index (κ1) is 21.1. The topological polar surface area (TPSA) is 105 Å². The molecule has 0 bridgehead atoms. The number of nitrogens with one attached hydrogen (secondary N) is 3. The fourth-order valence-electron chi connectivity index (χ4n) is 4.02. The Hall–Kier alpha value is -2.64. The van der Waals surface area contributed by atoms with E-state index in [1.54, 1.807) is 6.33 Å². The normalized spacial score (nSPS) is 19.1. The highest BCUT2D eigenvalue weighted by molar-refractivity contribution is 5.95. The lowest BCUT2D eigenvalue weighted by Gasteiger charge is -2.30. The Morgan fingerprint density at radius 3 is 2.86 bits per heavy atom. The van der Waals surface area contributed by atoms with Gasteiger partial charge in [-0.15, -0.1) is 0 Å². The van der Waals surface area contributed by atoms with Crippen LogP contribution < -0.4 is 10.6 Å². The van der Waals surface area contributed by atoms with Crippen LogP contribution in [0, 0.1) is 19.8 Å². The number of imidazole rings is 1. The van der Waals surface area contributed by atoms with Crippen LogP contribution in [0.1, 0.15) is 66.5 Å². The van der Waals surface area contributed by atoms with Crippen molar-refractivity contribution >= 4 is 11.8 Å². The summed E-state index contributed by atoms with van der Waals surface area (Å²) < 4.78 is 1.83. The minimum Gasteiger partial charge on any atom is -0.353 e. The number of H-pyrrole nitrogens is 1. The van der Waals surface area contributed by atoms with E-state index in [2.05, 4.69) is 32.6 Å². The number of nitrogens with zero attached hydrogens (tertiary/aromatic N) is 3. The largest absolute Gasteiger partial charge is 0.353 e. The second kappa shape index (κ2) is 9.71. The number of hydrogen-bond donors (Lipinski definition) is 3. The molecule has 0 aromatic carbocycles. The van der Waals surface area contributed by atoms with Crippen molar-refractivity contribution in [3.63, 3.8) is 0 Å². The summed E-state index contributed by atoms with van der Waals surface area (Å²) in [5.41, 5.74) is 3.13. The molecule has 0 aliphatic heterocycles. The maximum atomic E-state index is 12.6. The van der Waals surface area contributed by atoms with Gasteiger partial charge in [0.05, 0.1) is 29.7 Å². The van der Waals surface area contributed by atoms with E-state index < -0.39 is 0 Å². The van der Waals surface area contributed by atoms with E-state index >= 15 is 0 Å². The molecule has 3 rings (SSSR count). The zero-order chi connectivity index (χ0) is 20.8. The summed E-state index contributed by atoms with van der Waals surface area (Å²) in [6.07, 6.45) is 8.73. The number of aryl methyl sites for hydroxylation is 3. The molecule has 2 aromatic rings. The minimum atomic E-state index is -0.0648. The van der Waals surface area contributed by atoms with Crippen LogP contribution in [0.2, 0.25) is 0 Å². The van der Waals surface area contributed by atoms with Crippen LogP contribution >= 0.6 is 0 Å². The molecule has 0 saturated heterocycles. The van der Waals surface area contributed by atoms with Crippen molar-refractivity contribution < 1.29 is 9.59 Å². The number of aromatic amines is 1. The maximum absolute atomic E-state index is 12.6. The molecule has 8 heteroatoms. The standard InChI is InChI=1S/C21H32N6O2/c1-4-8-27-12-18(14(2)26-27)21(29)22-11-16-6-5-7-17(9-16)25-20(28)10-19-15(3)23-13-24-19/h12-13,16-17H,4-11H2,1-3H3,(H,22,29)(H,23,24)(H,25,28)/t16-,17+/m1/s1. The van der Waals surface area contributed by atoms with Gasteiger partial charge < -0.3 is 15.6 Å². The van der Waals surface area contributed by atoms with Gasteiger partial charge in [-0.1, -0.05) is 13.3 Å². The molecular weight excluding hydrogens is 368 g/mol. The molecule has 0 spiro atoms. The van der Waals surface area contributed by atoms with Gasteiger partial charge >= 0.3 is 0 Å². The predicted octanol–water partition coefficient (Wildman–Crippen LogP) is 2.28. The molecule has 1 saturated carbocycles. The molecule has 8 nitrogen and oxygen atoms in total. The van der Waals surface area contributed by atoms with Crippen LogP contribution in [-0.4, -0.2) is 44.1 Å². The zero-order valence-corrected chi connectivity index (χ0v) is 17.6. The average molecular weight is 401 g/mol. The van der Waals surface area contributed by atoms with Crippen molar-refractivity contribution in [2.24, 2.45) is 5.92 Å². The molecule has 158 valence electrons. The van der Waals surface area contributed by atoms with Gasteiger partial charge in [0.25, 0.3) is 5.91 Å². The molecule has 2 heterocycles. The summed E-state index contributed by atoms with van der Waals surface area (Å²) in [5, 5.41) is 10.6. The first-order valence-electron chi connectivity index (χ1n) is 10.6. The highest BCUT2D eigenvalue weighted by Gasteiger charge is 2.24. The SMILES string of the molecule is CCCn1cc(C(=O)NC[C@@H]2CCC[C@H](NC(=O)Cc3nc[nH]c3C)C2)c(C)n1. The van der Waals surface area contributed by atoms with E-state index in [0.717, 1.165) is 55.7 Å². The van der Waals surface area contributed by atoms with E-state index in [9.17, 15) is 9.59 Å². The van der Waals surface area contributed by atoms with Gasteiger partial charge in [-0.05, 0) is 45.4 Å². The number of carbonyl (C=O) groups excluding carboxylic acids is 2. The third-order valence-corrected chi connectivity index (χ3v) is 5.61. The van der Waals surface area contributed by atoms with Gasteiger partial charge in [0.15, 0.2) is 0 Å². The lowest BCUT2D eigenvalue weighted by atomic mass is 9.85. The molecule has 1 fully saturated rings. The maximum Gasteiger partial charge on any atom is 0.254 e. The van der Waals surface area contributed by atoms with E-state index in [0.29, 0.717) is 24.4 Å². The summed E-state index contributed by atoms with van der Waals surface area (Å²) in [4.78, 5) is 32.1. The van der Waals surface area contributed by atoms with Crippen molar-refractivity contribution in [1.29, 1.82) is 0 Å². The summed E-state index contributed by atoms with van der Waals surface area (Å²) in [7, 11) is 0. The van der Waals surface area contributed by atoms with Crippen LogP contribution in [0.25, 0.3) is 0 Å². The van der Waals surface area contributed by atoms with Crippen molar-refractivity contribution in [3.05, 3.63) is 35.2 Å². The van der Waals surface area contributed by atoms with Gasteiger partial charge in [-0.25, -0.2) is 4.98 Å². The van der Waals surface area contributed by atoms with E-state index in [4.69, 9.17) is 0 Å². The van der Waals surface area contributed by atoms with Crippen LogP contribution in [-0.2, 0) is 17.8 Å². The van der Waals surface area contributed by atoms with Gasteiger partial charge in [0, 0.05) is 31.0 Å². The number of hydrogen-bond acceptors (Lipinski definition) is 4. The molecule has 2 amide bonds. The Kier molecular flexibility index (Phi) is 7.06. The molecular formula is C21H32N6O2. The van der Waals surface area contributed by atoms with Crippen LogP contribution in [0.5, 0.6) is 0 Å². The Bertz CT molecular complexity index is 840. The first-order chi connectivity index (χ1) is 14.0. The first-order valence-corrected chi connectivity index (χ1v) is 10.6. The van der Waals surface area contributed by atoms with Crippen LogP contribution in [0.3, 0.4) is 0 Å². The van der Waals surface area contributed by atoms with Gasteiger partial charge in [-0.3, -0.25) is 14.3 Å². The minimum absolute atomic E-state index is 0.00819. The molecule has 2 aromatic heterocycles. The van der Waals surface area contributed by atoms with Crippen molar-refractivity contribution in [1.82, 2.24) is 30.4 Å². The monoisotopic (exact) mass is 400 g/mol. The number of rotatable bonds is 8. The molecule has 29 heavy (non-hydrogen) atoms. The van der Waals surface area contributed by atoms with E-state index in [1.165, 1.54) is 0 Å². The van der Waals surface area contributed by atoms with Crippen molar-refractivity contribution in [2.75, 3.05) is 6.54 Å². The summed E-state index contributed by atoms with van der Waals surface area (Å²) >= 11 is 0. The third kappa shape index (κ3) is 5.68. The van der Waals surface area contributed by atoms with Crippen molar-refractivity contribution in [2.45, 2.75) is 71.9 Å².